The number of aryl methyl sites for hydroxylation is 2. The number of nitrogens with zero attached hydrogens (tertiary/aromatic N) is 4. The fourth-order valence-corrected chi connectivity index (χ4v) is 1.53. The number of carboxylic acids is 1. The van der Waals surface area contributed by atoms with Crippen LogP contribution in [-0.4, -0.2) is 43.6 Å². The molecule has 0 fully saturated rings. The minimum absolute atomic E-state index is 0.0636. The lowest BCUT2D eigenvalue weighted by molar-refractivity contribution is 0.0689. The van der Waals surface area contributed by atoms with Crippen LogP contribution in [0.25, 0.3) is 0 Å². The van der Waals surface area contributed by atoms with Gasteiger partial charge in [-0.05, 0) is 13.3 Å². The lowest BCUT2D eigenvalue weighted by atomic mass is 10.3. The first-order valence-electron chi connectivity index (χ1n) is 6.19. The van der Waals surface area contributed by atoms with E-state index < -0.39 is 11.9 Å². The van der Waals surface area contributed by atoms with E-state index in [-0.39, 0.29) is 11.4 Å². The molecule has 2 N–H and O–H groups in total. The number of carbonyl (C=O) groups is 2. The number of aromatic nitrogens is 4. The van der Waals surface area contributed by atoms with E-state index in [1.807, 2.05) is 0 Å². The van der Waals surface area contributed by atoms with Gasteiger partial charge in [-0.2, -0.15) is 4.98 Å². The molecule has 2 rings (SSSR count). The highest BCUT2D eigenvalue weighted by Crippen LogP contribution is 2.00. The summed E-state index contributed by atoms with van der Waals surface area (Å²) in [6.45, 7) is 2.14. The molecule has 0 saturated carbocycles. The summed E-state index contributed by atoms with van der Waals surface area (Å²) in [7, 11) is 0. The number of hydrogen-bond acceptors (Lipinski definition) is 7. The molecular weight excluding hydrogens is 278 g/mol. The normalized spacial score (nSPS) is 10.3. The van der Waals surface area contributed by atoms with Crippen LogP contribution in [0.2, 0.25) is 0 Å². The molecule has 0 aliphatic rings. The topological polar surface area (TPSA) is 131 Å². The molecule has 0 bridgehead atoms. The molecule has 0 atom stereocenters. The molecule has 110 valence electrons. The quantitative estimate of drug-likeness (QED) is 0.723. The third-order valence-corrected chi connectivity index (χ3v) is 2.53. The van der Waals surface area contributed by atoms with Crippen LogP contribution in [0, 0.1) is 6.92 Å². The van der Waals surface area contributed by atoms with Crippen LogP contribution < -0.4 is 5.32 Å². The van der Waals surface area contributed by atoms with Crippen molar-refractivity contribution in [1.82, 2.24) is 25.4 Å². The van der Waals surface area contributed by atoms with Gasteiger partial charge in [-0.1, -0.05) is 5.16 Å². The van der Waals surface area contributed by atoms with Crippen molar-refractivity contribution in [3.63, 3.8) is 0 Å². The summed E-state index contributed by atoms with van der Waals surface area (Å²) in [5.74, 6) is -0.513. The highest BCUT2D eigenvalue weighted by atomic mass is 16.5. The van der Waals surface area contributed by atoms with Crippen LogP contribution in [0.15, 0.2) is 16.9 Å². The second kappa shape index (κ2) is 6.55. The molecule has 0 saturated heterocycles. The Bertz CT molecular complexity index is 637. The maximum Gasteiger partial charge on any atom is 0.356 e. The summed E-state index contributed by atoms with van der Waals surface area (Å²) < 4.78 is 4.94. The lowest BCUT2D eigenvalue weighted by Crippen LogP contribution is -2.26. The van der Waals surface area contributed by atoms with Crippen LogP contribution in [0.3, 0.4) is 0 Å². The van der Waals surface area contributed by atoms with Gasteiger partial charge in [0, 0.05) is 13.0 Å². The predicted molar refractivity (Wildman–Crippen MR) is 68.7 cm³/mol. The Kier molecular flexibility index (Phi) is 4.54. The van der Waals surface area contributed by atoms with Gasteiger partial charge < -0.3 is 14.9 Å². The van der Waals surface area contributed by atoms with Crippen molar-refractivity contribution in [2.45, 2.75) is 19.8 Å². The average Bonchev–Trinajstić information content (AvgIpc) is 2.89. The van der Waals surface area contributed by atoms with Crippen molar-refractivity contribution in [3.8, 4) is 0 Å². The minimum Gasteiger partial charge on any atom is -0.476 e. The molecule has 0 aromatic carbocycles. The van der Waals surface area contributed by atoms with E-state index >= 15 is 0 Å². The number of hydrogen-bond donors (Lipinski definition) is 2. The van der Waals surface area contributed by atoms with Crippen molar-refractivity contribution in [2.24, 2.45) is 0 Å². The molecule has 9 heteroatoms. The maximum atomic E-state index is 11.7. The van der Waals surface area contributed by atoms with Crippen LogP contribution in [-0.2, 0) is 6.42 Å². The Hall–Kier alpha value is -2.84. The second-order valence-corrected chi connectivity index (χ2v) is 4.19. The summed E-state index contributed by atoms with van der Waals surface area (Å²) in [5, 5.41) is 15.0. The summed E-state index contributed by atoms with van der Waals surface area (Å²) in [4.78, 5) is 33.7. The van der Waals surface area contributed by atoms with Crippen molar-refractivity contribution in [1.29, 1.82) is 0 Å². The fourth-order valence-electron chi connectivity index (χ4n) is 1.53. The first-order chi connectivity index (χ1) is 10.1. The van der Waals surface area contributed by atoms with Gasteiger partial charge in [-0.25, -0.2) is 14.8 Å². The lowest BCUT2D eigenvalue weighted by Gasteiger charge is -2.03. The van der Waals surface area contributed by atoms with Gasteiger partial charge in [-0.15, -0.1) is 0 Å². The molecule has 2 heterocycles. The predicted octanol–water partition coefficient (Wildman–Crippen LogP) is 0.229. The number of amides is 1. The highest BCUT2D eigenvalue weighted by Gasteiger charge is 2.10. The standard InChI is InChI=1S/C12H13N5O4/c1-7-16-10(21-17-7)3-2-4-13-11(18)8-5-15-9(6-14-8)12(19)20/h5-6H,2-4H2,1H3,(H,13,18)(H,19,20). The van der Waals surface area contributed by atoms with E-state index in [1.165, 1.54) is 0 Å². The van der Waals surface area contributed by atoms with Crippen molar-refractivity contribution >= 4 is 11.9 Å². The van der Waals surface area contributed by atoms with Gasteiger partial charge in [0.25, 0.3) is 5.91 Å². The van der Waals surface area contributed by atoms with Gasteiger partial charge in [-0.3, -0.25) is 4.79 Å². The van der Waals surface area contributed by atoms with Gasteiger partial charge in [0.05, 0.1) is 12.4 Å². The van der Waals surface area contributed by atoms with Crippen LogP contribution in [0.5, 0.6) is 0 Å². The van der Waals surface area contributed by atoms with Crippen molar-refractivity contribution in [3.05, 3.63) is 35.5 Å². The van der Waals surface area contributed by atoms with Crippen LogP contribution in [0.4, 0.5) is 0 Å². The Labute approximate surface area is 119 Å². The summed E-state index contributed by atoms with van der Waals surface area (Å²) in [6, 6.07) is 0. The zero-order valence-electron chi connectivity index (χ0n) is 11.2. The van der Waals surface area contributed by atoms with E-state index in [0.717, 1.165) is 12.4 Å². The molecule has 0 unspecified atom stereocenters. The van der Waals surface area contributed by atoms with Crippen LogP contribution >= 0.6 is 0 Å². The molecule has 0 aliphatic carbocycles. The molecule has 2 aromatic rings. The van der Waals surface area contributed by atoms with Gasteiger partial charge in [0.2, 0.25) is 5.89 Å². The van der Waals surface area contributed by atoms with E-state index in [9.17, 15) is 9.59 Å². The smallest absolute Gasteiger partial charge is 0.356 e. The van der Waals surface area contributed by atoms with Crippen molar-refractivity contribution < 1.29 is 19.2 Å². The minimum atomic E-state index is -1.19. The monoisotopic (exact) mass is 291 g/mol. The number of rotatable bonds is 6. The molecule has 0 radical (unpaired) electrons. The molecule has 9 nitrogen and oxygen atoms in total. The fraction of sp³-hybridized carbons (Fsp3) is 0.333. The molecule has 2 aromatic heterocycles. The summed E-state index contributed by atoms with van der Waals surface area (Å²) in [6.07, 6.45) is 3.36. The molecule has 1 amide bonds. The van der Waals surface area contributed by atoms with E-state index in [4.69, 9.17) is 9.63 Å². The second-order valence-electron chi connectivity index (χ2n) is 4.19. The zero-order valence-corrected chi connectivity index (χ0v) is 11.2. The molecule has 0 spiro atoms. The summed E-state index contributed by atoms with van der Waals surface area (Å²) in [5.41, 5.74) is -0.146. The van der Waals surface area contributed by atoms with Gasteiger partial charge in [0.1, 0.15) is 5.69 Å². The highest BCUT2D eigenvalue weighted by molar-refractivity contribution is 5.92. The molecule has 21 heavy (non-hydrogen) atoms. The molecule has 0 aliphatic heterocycles. The van der Waals surface area contributed by atoms with E-state index in [0.29, 0.717) is 31.1 Å². The number of aromatic carboxylic acids is 1. The Morgan fingerprint density at radius 2 is 2.00 bits per heavy atom. The number of carboxylic acid groups (broad SMARTS) is 1. The largest absolute Gasteiger partial charge is 0.476 e. The van der Waals surface area contributed by atoms with E-state index in [1.54, 1.807) is 6.92 Å². The zero-order chi connectivity index (χ0) is 15.2. The average molecular weight is 291 g/mol. The number of nitrogens with one attached hydrogen (secondary N) is 1. The Morgan fingerprint density at radius 3 is 2.57 bits per heavy atom. The molecular formula is C12H13N5O4. The third kappa shape index (κ3) is 4.06. The first kappa shape index (κ1) is 14.6. The van der Waals surface area contributed by atoms with Gasteiger partial charge >= 0.3 is 5.97 Å². The van der Waals surface area contributed by atoms with Crippen molar-refractivity contribution in [2.75, 3.05) is 6.54 Å². The Balaban J connectivity index is 1.77. The summed E-state index contributed by atoms with van der Waals surface area (Å²) >= 11 is 0. The van der Waals surface area contributed by atoms with Crippen LogP contribution in [0.1, 0.15) is 39.1 Å². The van der Waals surface area contributed by atoms with Gasteiger partial charge in [0.15, 0.2) is 11.5 Å². The first-order valence-corrected chi connectivity index (χ1v) is 6.19. The number of carbonyl (C=O) groups excluding carboxylic acids is 1. The van der Waals surface area contributed by atoms with E-state index in [2.05, 4.69) is 25.4 Å². The maximum absolute atomic E-state index is 11.7. The SMILES string of the molecule is Cc1noc(CCCNC(=O)c2cnc(C(=O)O)cn2)n1. The third-order valence-electron chi connectivity index (χ3n) is 2.53. The Morgan fingerprint density at radius 1 is 1.29 bits per heavy atom.